The van der Waals surface area contributed by atoms with Gasteiger partial charge in [0.05, 0.1) is 17.3 Å². The first kappa shape index (κ1) is 11.3. The highest BCUT2D eigenvalue weighted by Gasteiger charge is 2.33. The molecule has 0 atom stereocenters. The highest BCUT2D eigenvalue weighted by Crippen LogP contribution is 2.25. The number of carbonyl (C=O) groups excluding carboxylic acids is 2. The Labute approximate surface area is 98.7 Å². The van der Waals surface area contributed by atoms with Crippen LogP contribution in [0.5, 0.6) is 0 Å². The molecule has 2 rings (SSSR count). The first-order valence-electron chi connectivity index (χ1n) is 5.12. The lowest BCUT2D eigenvalue weighted by Gasteiger charge is -2.05. The molecule has 0 saturated heterocycles. The van der Waals surface area contributed by atoms with Crippen LogP contribution in [0.4, 0.5) is 0 Å². The van der Waals surface area contributed by atoms with Gasteiger partial charge in [-0.05, 0) is 12.5 Å². The van der Waals surface area contributed by atoms with Gasteiger partial charge in [-0.2, -0.15) is 5.10 Å². The zero-order valence-electron chi connectivity index (χ0n) is 9.85. The maximum absolute atomic E-state index is 11.6. The number of hydrogen-bond acceptors (Lipinski definition) is 5. The summed E-state index contributed by atoms with van der Waals surface area (Å²) < 4.78 is 4.61. The van der Waals surface area contributed by atoms with E-state index in [0.717, 1.165) is 5.56 Å². The van der Waals surface area contributed by atoms with E-state index >= 15 is 0 Å². The molecular formula is C12H12N2O3. The Morgan fingerprint density at radius 2 is 1.82 bits per heavy atom. The third kappa shape index (κ3) is 1.91. The third-order valence-corrected chi connectivity index (χ3v) is 2.47. The number of esters is 2. The topological polar surface area (TPSA) is 59.0 Å². The molecule has 0 aliphatic carbocycles. The van der Waals surface area contributed by atoms with Crippen molar-refractivity contribution in [2.75, 3.05) is 14.1 Å². The molecule has 0 amide bonds. The van der Waals surface area contributed by atoms with Crippen molar-refractivity contribution in [1.29, 1.82) is 0 Å². The molecule has 0 aromatic heterocycles. The number of fused-ring (bicyclic) bond motifs is 1. The van der Waals surface area contributed by atoms with Crippen LogP contribution >= 0.6 is 0 Å². The Hall–Kier alpha value is -2.17. The van der Waals surface area contributed by atoms with Crippen molar-refractivity contribution < 1.29 is 14.3 Å². The molecule has 17 heavy (non-hydrogen) atoms. The predicted octanol–water partition coefficient (Wildman–Crippen LogP) is 1.20. The summed E-state index contributed by atoms with van der Waals surface area (Å²) in [5, 5.41) is 5.66. The van der Waals surface area contributed by atoms with Crippen LogP contribution in [0.25, 0.3) is 0 Å². The van der Waals surface area contributed by atoms with E-state index in [4.69, 9.17) is 0 Å². The second kappa shape index (κ2) is 4.01. The minimum absolute atomic E-state index is 0.306. The smallest absolute Gasteiger partial charge is 0.347 e. The van der Waals surface area contributed by atoms with Gasteiger partial charge in [0.15, 0.2) is 0 Å². The highest BCUT2D eigenvalue weighted by molar-refractivity contribution is 6.18. The number of hydrogen-bond donors (Lipinski definition) is 0. The number of rotatable bonds is 2. The summed E-state index contributed by atoms with van der Waals surface area (Å²) >= 11 is 0. The molecule has 5 heteroatoms. The van der Waals surface area contributed by atoms with Crippen LogP contribution in [0, 0.1) is 6.92 Å². The molecule has 1 aromatic carbocycles. The van der Waals surface area contributed by atoms with Crippen molar-refractivity contribution in [3.8, 4) is 0 Å². The van der Waals surface area contributed by atoms with Crippen molar-refractivity contribution in [1.82, 2.24) is 5.01 Å². The van der Waals surface area contributed by atoms with E-state index in [0.29, 0.717) is 16.7 Å². The van der Waals surface area contributed by atoms with Crippen LogP contribution in [-0.2, 0) is 4.74 Å². The summed E-state index contributed by atoms with van der Waals surface area (Å²) in [5.74, 6) is -1.18. The molecule has 0 saturated carbocycles. The van der Waals surface area contributed by atoms with E-state index in [1.165, 1.54) is 6.21 Å². The van der Waals surface area contributed by atoms with Gasteiger partial charge in [-0.1, -0.05) is 12.1 Å². The Morgan fingerprint density at radius 1 is 1.18 bits per heavy atom. The van der Waals surface area contributed by atoms with Crippen molar-refractivity contribution in [3.63, 3.8) is 0 Å². The van der Waals surface area contributed by atoms with E-state index in [2.05, 4.69) is 9.84 Å². The van der Waals surface area contributed by atoms with Gasteiger partial charge in [0.2, 0.25) is 0 Å². The lowest BCUT2D eigenvalue weighted by Crippen LogP contribution is -2.05. The summed E-state index contributed by atoms with van der Waals surface area (Å²) in [6.07, 6.45) is 1.54. The van der Waals surface area contributed by atoms with E-state index in [1.807, 2.05) is 0 Å². The summed E-state index contributed by atoms with van der Waals surface area (Å²) in [5.41, 5.74) is 1.98. The van der Waals surface area contributed by atoms with Crippen LogP contribution in [-0.4, -0.2) is 37.3 Å². The Bertz CT molecular complexity index is 533. The maximum Gasteiger partial charge on any atom is 0.347 e. The van der Waals surface area contributed by atoms with Gasteiger partial charge >= 0.3 is 11.9 Å². The zero-order chi connectivity index (χ0) is 12.6. The van der Waals surface area contributed by atoms with Crippen LogP contribution in [0.2, 0.25) is 0 Å². The Morgan fingerprint density at radius 3 is 2.47 bits per heavy atom. The average molecular weight is 232 g/mol. The maximum atomic E-state index is 11.6. The second-order valence-electron chi connectivity index (χ2n) is 3.99. The standard InChI is InChI=1S/C12H12N2O3/c1-7-4-5-8(6-13-14(2)3)10-9(7)11(15)17-12(10)16/h4-6H,1-3H3. The fraction of sp³-hybridized carbons (Fsp3) is 0.250. The molecule has 0 unspecified atom stereocenters. The molecule has 0 radical (unpaired) electrons. The van der Waals surface area contributed by atoms with Crippen molar-refractivity contribution >= 4 is 18.2 Å². The summed E-state index contributed by atoms with van der Waals surface area (Å²) in [4.78, 5) is 23.1. The SMILES string of the molecule is Cc1ccc(C=NN(C)C)c2c1C(=O)OC2=O. The average Bonchev–Trinajstić information content (AvgIpc) is 2.55. The molecule has 0 bridgehead atoms. The normalized spacial score (nSPS) is 14.1. The summed E-state index contributed by atoms with van der Waals surface area (Å²) in [6, 6.07) is 3.52. The molecule has 1 aliphatic rings. The van der Waals surface area contributed by atoms with Crippen LogP contribution in [0.1, 0.15) is 31.8 Å². The lowest BCUT2D eigenvalue weighted by atomic mass is 9.99. The number of benzene rings is 1. The zero-order valence-corrected chi connectivity index (χ0v) is 9.85. The summed E-state index contributed by atoms with van der Waals surface area (Å²) in [7, 11) is 3.54. The second-order valence-corrected chi connectivity index (χ2v) is 3.99. The minimum atomic E-state index is -0.603. The first-order chi connectivity index (χ1) is 8.00. The van der Waals surface area contributed by atoms with Gasteiger partial charge in [-0.25, -0.2) is 9.59 Å². The van der Waals surface area contributed by atoms with Gasteiger partial charge in [0, 0.05) is 19.7 Å². The fourth-order valence-corrected chi connectivity index (χ4v) is 1.68. The monoisotopic (exact) mass is 232 g/mol. The van der Waals surface area contributed by atoms with Gasteiger partial charge in [0.25, 0.3) is 0 Å². The number of hydrazone groups is 1. The van der Waals surface area contributed by atoms with Gasteiger partial charge in [-0.15, -0.1) is 0 Å². The molecule has 0 fully saturated rings. The fourth-order valence-electron chi connectivity index (χ4n) is 1.68. The Kier molecular flexibility index (Phi) is 2.67. The van der Waals surface area contributed by atoms with Crippen LogP contribution in [0.15, 0.2) is 17.2 Å². The van der Waals surface area contributed by atoms with Gasteiger partial charge in [-0.3, -0.25) is 0 Å². The van der Waals surface area contributed by atoms with E-state index in [-0.39, 0.29) is 0 Å². The van der Waals surface area contributed by atoms with Gasteiger partial charge in [0.1, 0.15) is 0 Å². The number of ether oxygens (including phenoxy) is 1. The van der Waals surface area contributed by atoms with E-state index in [1.54, 1.807) is 38.2 Å². The minimum Gasteiger partial charge on any atom is -0.386 e. The summed E-state index contributed by atoms with van der Waals surface area (Å²) in [6.45, 7) is 1.77. The largest absolute Gasteiger partial charge is 0.386 e. The van der Waals surface area contributed by atoms with Crippen LogP contribution < -0.4 is 0 Å². The van der Waals surface area contributed by atoms with E-state index in [9.17, 15) is 9.59 Å². The van der Waals surface area contributed by atoms with Crippen molar-refractivity contribution in [2.45, 2.75) is 6.92 Å². The Balaban J connectivity index is 2.58. The molecule has 0 N–H and O–H groups in total. The third-order valence-electron chi connectivity index (χ3n) is 2.47. The van der Waals surface area contributed by atoms with Gasteiger partial charge < -0.3 is 9.75 Å². The number of nitrogens with zero attached hydrogens (tertiary/aromatic N) is 2. The quantitative estimate of drug-likeness (QED) is 0.333. The van der Waals surface area contributed by atoms with E-state index < -0.39 is 11.9 Å². The molecule has 1 heterocycles. The van der Waals surface area contributed by atoms with Crippen molar-refractivity contribution in [3.05, 3.63) is 34.4 Å². The molecule has 1 aliphatic heterocycles. The highest BCUT2D eigenvalue weighted by atomic mass is 16.6. The number of cyclic esters (lactones) is 2. The molecular weight excluding hydrogens is 220 g/mol. The molecule has 1 aromatic rings. The first-order valence-corrected chi connectivity index (χ1v) is 5.12. The molecule has 88 valence electrons. The van der Waals surface area contributed by atoms with Crippen molar-refractivity contribution in [2.24, 2.45) is 5.10 Å². The lowest BCUT2D eigenvalue weighted by molar-refractivity contribution is 0.0443. The molecule has 5 nitrogen and oxygen atoms in total. The van der Waals surface area contributed by atoms with Crippen LogP contribution in [0.3, 0.4) is 0 Å². The number of aryl methyl sites for hydroxylation is 1. The predicted molar refractivity (Wildman–Crippen MR) is 62.2 cm³/mol. The number of carbonyl (C=O) groups is 2. The molecule has 0 spiro atoms.